The van der Waals surface area contributed by atoms with Crippen LogP contribution >= 0.6 is 0 Å². The Bertz CT molecular complexity index is 374. The topological polar surface area (TPSA) is 29.5 Å². The van der Waals surface area contributed by atoms with Crippen molar-refractivity contribution in [3.63, 3.8) is 0 Å². The largest absolute Gasteiger partial charge is 0.394 e. The molecule has 0 unspecified atom stereocenters. The molecule has 20 heavy (non-hydrogen) atoms. The molecule has 1 rings (SSSR count). The lowest BCUT2D eigenvalue weighted by molar-refractivity contribution is -0.0390. The standard InChI is InChI=1S/C18H30O2/c1-5-15-12-16(6-2)14-17(13-15)8-7-9-18(3,4)20-11-10-19/h12-14,19H,5-11H2,1-4H3. The quantitative estimate of drug-likeness (QED) is 0.742. The average molecular weight is 278 g/mol. The molecule has 0 aromatic heterocycles. The number of aryl methyl sites for hydroxylation is 3. The van der Waals surface area contributed by atoms with E-state index in [2.05, 4.69) is 45.9 Å². The summed E-state index contributed by atoms with van der Waals surface area (Å²) in [4.78, 5) is 0. The Morgan fingerprint density at radius 2 is 1.55 bits per heavy atom. The number of ether oxygens (including phenoxy) is 1. The van der Waals surface area contributed by atoms with Crippen LogP contribution in [0, 0.1) is 0 Å². The number of rotatable bonds is 9. The van der Waals surface area contributed by atoms with E-state index < -0.39 is 0 Å². The fraction of sp³-hybridized carbons (Fsp3) is 0.667. The van der Waals surface area contributed by atoms with E-state index in [1.807, 2.05) is 0 Å². The lowest BCUT2D eigenvalue weighted by Gasteiger charge is -2.25. The highest BCUT2D eigenvalue weighted by Gasteiger charge is 2.17. The van der Waals surface area contributed by atoms with Crippen LogP contribution in [0.4, 0.5) is 0 Å². The number of hydrogen-bond acceptors (Lipinski definition) is 2. The Hall–Kier alpha value is -0.860. The van der Waals surface area contributed by atoms with Crippen LogP contribution in [0.25, 0.3) is 0 Å². The van der Waals surface area contributed by atoms with Gasteiger partial charge in [0.1, 0.15) is 0 Å². The zero-order valence-electron chi connectivity index (χ0n) is 13.5. The van der Waals surface area contributed by atoms with Crippen molar-refractivity contribution < 1.29 is 9.84 Å². The summed E-state index contributed by atoms with van der Waals surface area (Å²) < 4.78 is 5.66. The molecule has 0 radical (unpaired) electrons. The second kappa shape index (κ2) is 8.43. The molecule has 0 saturated carbocycles. The molecule has 1 aromatic rings. The number of hydrogen-bond donors (Lipinski definition) is 1. The summed E-state index contributed by atoms with van der Waals surface area (Å²) in [5, 5.41) is 8.82. The van der Waals surface area contributed by atoms with E-state index in [0.29, 0.717) is 6.61 Å². The Balaban J connectivity index is 2.52. The Morgan fingerprint density at radius 3 is 2.05 bits per heavy atom. The third kappa shape index (κ3) is 6.06. The van der Waals surface area contributed by atoms with Crippen LogP contribution < -0.4 is 0 Å². The van der Waals surface area contributed by atoms with E-state index in [1.165, 1.54) is 16.7 Å². The molecule has 1 N–H and O–H groups in total. The first-order valence-electron chi connectivity index (χ1n) is 7.87. The Labute approximate surface area is 124 Å². The average Bonchev–Trinajstić information content (AvgIpc) is 2.44. The van der Waals surface area contributed by atoms with Crippen LogP contribution in [-0.4, -0.2) is 23.9 Å². The van der Waals surface area contributed by atoms with Gasteiger partial charge in [0.05, 0.1) is 18.8 Å². The lowest BCUT2D eigenvalue weighted by Crippen LogP contribution is -2.26. The monoisotopic (exact) mass is 278 g/mol. The molecular formula is C18H30O2. The Kier molecular flexibility index (Phi) is 7.25. The van der Waals surface area contributed by atoms with E-state index in [-0.39, 0.29) is 12.2 Å². The van der Waals surface area contributed by atoms with Crippen molar-refractivity contribution in [1.29, 1.82) is 0 Å². The van der Waals surface area contributed by atoms with Crippen molar-refractivity contribution in [1.82, 2.24) is 0 Å². The molecule has 0 fully saturated rings. The van der Waals surface area contributed by atoms with Crippen molar-refractivity contribution in [3.8, 4) is 0 Å². The summed E-state index contributed by atoms with van der Waals surface area (Å²) >= 11 is 0. The molecule has 0 aliphatic rings. The SMILES string of the molecule is CCc1cc(CC)cc(CCCC(C)(C)OCCO)c1. The minimum atomic E-state index is -0.140. The van der Waals surface area contributed by atoms with Crippen LogP contribution in [0.3, 0.4) is 0 Å². The second-order valence-electron chi connectivity index (χ2n) is 6.05. The molecule has 2 nitrogen and oxygen atoms in total. The van der Waals surface area contributed by atoms with Gasteiger partial charge in [0, 0.05) is 0 Å². The predicted octanol–water partition coefficient (Wildman–Crippen LogP) is 3.92. The number of benzene rings is 1. The van der Waals surface area contributed by atoms with E-state index in [0.717, 1.165) is 32.1 Å². The normalized spacial score (nSPS) is 11.8. The summed E-state index contributed by atoms with van der Waals surface area (Å²) in [7, 11) is 0. The molecule has 0 heterocycles. The fourth-order valence-electron chi connectivity index (χ4n) is 2.50. The smallest absolute Gasteiger partial charge is 0.0704 e. The lowest BCUT2D eigenvalue weighted by atomic mass is 9.95. The summed E-state index contributed by atoms with van der Waals surface area (Å²) in [6.45, 7) is 9.15. The van der Waals surface area contributed by atoms with Crippen molar-refractivity contribution >= 4 is 0 Å². The molecule has 0 aliphatic carbocycles. The van der Waals surface area contributed by atoms with E-state index in [4.69, 9.17) is 9.84 Å². The van der Waals surface area contributed by atoms with Gasteiger partial charge in [-0.2, -0.15) is 0 Å². The molecular weight excluding hydrogens is 248 g/mol. The van der Waals surface area contributed by atoms with Gasteiger partial charge >= 0.3 is 0 Å². The van der Waals surface area contributed by atoms with Gasteiger partial charge < -0.3 is 9.84 Å². The molecule has 0 saturated heterocycles. The molecule has 0 atom stereocenters. The maximum absolute atomic E-state index is 8.82. The molecule has 0 amide bonds. The summed E-state index contributed by atoms with van der Waals surface area (Å²) in [5.41, 5.74) is 4.18. The van der Waals surface area contributed by atoms with Crippen LogP contribution in [0.15, 0.2) is 18.2 Å². The van der Waals surface area contributed by atoms with Crippen LogP contribution in [0.1, 0.15) is 57.2 Å². The van der Waals surface area contributed by atoms with E-state index in [1.54, 1.807) is 0 Å². The predicted molar refractivity (Wildman–Crippen MR) is 85.3 cm³/mol. The molecule has 0 aliphatic heterocycles. The van der Waals surface area contributed by atoms with E-state index in [9.17, 15) is 0 Å². The third-order valence-corrected chi connectivity index (χ3v) is 3.76. The molecule has 0 spiro atoms. The van der Waals surface area contributed by atoms with E-state index >= 15 is 0 Å². The summed E-state index contributed by atoms with van der Waals surface area (Å²) in [5.74, 6) is 0. The first-order chi connectivity index (χ1) is 9.50. The van der Waals surface area contributed by atoms with Gasteiger partial charge in [-0.05, 0) is 62.6 Å². The first-order valence-corrected chi connectivity index (χ1v) is 7.87. The summed E-state index contributed by atoms with van der Waals surface area (Å²) in [6, 6.07) is 6.99. The maximum atomic E-state index is 8.82. The van der Waals surface area contributed by atoms with Gasteiger partial charge in [-0.3, -0.25) is 0 Å². The Morgan fingerprint density at radius 1 is 1.00 bits per heavy atom. The third-order valence-electron chi connectivity index (χ3n) is 3.76. The van der Waals surface area contributed by atoms with Gasteiger partial charge in [-0.1, -0.05) is 32.0 Å². The first kappa shape index (κ1) is 17.2. The highest BCUT2D eigenvalue weighted by molar-refractivity contribution is 5.30. The molecule has 1 aromatic carbocycles. The number of aliphatic hydroxyl groups is 1. The minimum Gasteiger partial charge on any atom is -0.394 e. The zero-order chi connectivity index (χ0) is 15.0. The zero-order valence-corrected chi connectivity index (χ0v) is 13.5. The van der Waals surface area contributed by atoms with Crippen molar-refractivity contribution in [2.24, 2.45) is 0 Å². The second-order valence-corrected chi connectivity index (χ2v) is 6.05. The molecule has 114 valence electrons. The van der Waals surface area contributed by atoms with Gasteiger partial charge in [-0.15, -0.1) is 0 Å². The maximum Gasteiger partial charge on any atom is 0.0704 e. The van der Waals surface area contributed by atoms with Crippen molar-refractivity contribution in [2.45, 2.75) is 65.4 Å². The molecule has 0 bridgehead atoms. The summed E-state index contributed by atoms with van der Waals surface area (Å²) in [6.07, 6.45) is 5.45. The van der Waals surface area contributed by atoms with Crippen LogP contribution in [-0.2, 0) is 24.0 Å². The molecule has 2 heteroatoms. The minimum absolute atomic E-state index is 0.0990. The van der Waals surface area contributed by atoms with Gasteiger partial charge in [0.2, 0.25) is 0 Å². The van der Waals surface area contributed by atoms with Crippen molar-refractivity contribution in [3.05, 3.63) is 34.9 Å². The highest BCUT2D eigenvalue weighted by Crippen LogP contribution is 2.20. The van der Waals surface area contributed by atoms with Crippen molar-refractivity contribution in [2.75, 3.05) is 13.2 Å². The number of aliphatic hydroxyl groups excluding tert-OH is 1. The fourth-order valence-corrected chi connectivity index (χ4v) is 2.50. The van der Waals surface area contributed by atoms with Crippen LogP contribution in [0.2, 0.25) is 0 Å². The van der Waals surface area contributed by atoms with Crippen LogP contribution in [0.5, 0.6) is 0 Å². The van der Waals surface area contributed by atoms with Gasteiger partial charge in [0.25, 0.3) is 0 Å². The van der Waals surface area contributed by atoms with Gasteiger partial charge in [-0.25, -0.2) is 0 Å². The highest BCUT2D eigenvalue weighted by atomic mass is 16.5. The van der Waals surface area contributed by atoms with Gasteiger partial charge in [0.15, 0.2) is 0 Å².